The average Bonchev–Trinajstić information content (AvgIpc) is 2.48. The SMILES string of the molecule is CC(C)CC1COC(C(C)C)(C(C)C)O1. The zero-order valence-electron chi connectivity index (χ0n) is 11.0. The van der Waals surface area contributed by atoms with E-state index in [1.54, 1.807) is 0 Å². The molecule has 1 aliphatic rings. The van der Waals surface area contributed by atoms with E-state index in [2.05, 4.69) is 41.5 Å². The van der Waals surface area contributed by atoms with Gasteiger partial charge in [-0.25, -0.2) is 0 Å². The van der Waals surface area contributed by atoms with E-state index >= 15 is 0 Å². The summed E-state index contributed by atoms with van der Waals surface area (Å²) in [5.41, 5.74) is 0. The summed E-state index contributed by atoms with van der Waals surface area (Å²) in [6, 6.07) is 0. The molecule has 0 spiro atoms. The van der Waals surface area contributed by atoms with E-state index < -0.39 is 0 Å². The summed E-state index contributed by atoms with van der Waals surface area (Å²) in [7, 11) is 0. The van der Waals surface area contributed by atoms with Gasteiger partial charge in [-0.15, -0.1) is 0 Å². The summed E-state index contributed by atoms with van der Waals surface area (Å²) in [5, 5.41) is 0. The van der Waals surface area contributed by atoms with E-state index in [1.165, 1.54) is 0 Å². The van der Waals surface area contributed by atoms with Gasteiger partial charge in [0, 0.05) is 11.8 Å². The highest BCUT2D eigenvalue weighted by Gasteiger charge is 2.46. The van der Waals surface area contributed by atoms with Crippen LogP contribution in [-0.2, 0) is 9.47 Å². The largest absolute Gasteiger partial charge is 0.347 e. The maximum absolute atomic E-state index is 6.16. The molecule has 1 atom stereocenters. The molecule has 1 fully saturated rings. The second-order valence-corrected chi connectivity index (χ2v) is 5.71. The van der Waals surface area contributed by atoms with Gasteiger partial charge in [-0.1, -0.05) is 41.5 Å². The molecule has 0 aromatic heterocycles. The van der Waals surface area contributed by atoms with E-state index in [0.29, 0.717) is 17.8 Å². The van der Waals surface area contributed by atoms with Crippen molar-refractivity contribution in [1.29, 1.82) is 0 Å². The van der Waals surface area contributed by atoms with Crippen molar-refractivity contribution in [3.63, 3.8) is 0 Å². The third-order valence-electron chi connectivity index (χ3n) is 3.19. The van der Waals surface area contributed by atoms with Crippen LogP contribution < -0.4 is 0 Å². The quantitative estimate of drug-likeness (QED) is 0.713. The Morgan fingerprint density at radius 1 is 1.07 bits per heavy atom. The smallest absolute Gasteiger partial charge is 0.173 e. The summed E-state index contributed by atoms with van der Waals surface area (Å²) in [4.78, 5) is 0. The van der Waals surface area contributed by atoms with Gasteiger partial charge in [-0.05, 0) is 12.3 Å². The van der Waals surface area contributed by atoms with Crippen LogP contribution in [0.2, 0.25) is 0 Å². The maximum atomic E-state index is 6.16. The summed E-state index contributed by atoms with van der Waals surface area (Å²) in [6.07, 6.45) is 1.39. The van der Waals surface area contributed by atoms with E-state index in [0.717, 1.165) is 13.0 Å². The predicted octanol–water partition coefficient (Wildman–Crippen LogP) is 3.46. The molecule has 0 aromatic rings. The van der Waals surface area contributed by atoms with Crippen LogP contribution in [-0.4, -0.2) is 18.5 Å². The van der Waals surface area contributed by atoms with Gasteiger partial charge in [-0.2, -0.15) is 0 Å². The van der Waals surface area contributed by atoms with Crippen LogP contribution in [0.5, 0.6) is 0 Å². The van der Waals surface area contributed by atoms with Crippen LogP contribution in [0.1, 0.15) is 48.0 Å². The van der Waals surface area contributed by atoms with Crippen molar-refractivity contribution in [2.75, 3.05) is 6.61 Å². The zero-order valence-corrected chi connectivity index (χ0v) is 11.0. The first-order valence-electron chi connectivity index (χ1n) is 6.20. The fourth-order valence-corrected chi connectivity index (χ4v) is 2.47. The van der Waals surface area contributed by atoms with Gasteiger partial charge < -0.3 is 9.47 Å². The van der Waals surface area contributed by atoms with Gasteiger partial charge in [-0.3, -0.25) is 0 Å². The lowest BCUT2D eigenvalue weighted by atomic mass is 9.91. The molecule has 0 bridgehead atoms. The molecule has 15 heavy (non-hydrogen) atoms. The van der Waals surface area contributed by atoms with Crippen molar-refractivity contribution in [3.05, 3.63) is 0 Å². The number of hydrogen-bond acceptors (Lipinski definition) is 2. The molecule has 1 saturated heterocycles. The van der Waals surface area contributed by atoms with Gasteiger partial charge in [0.25, 0.3) is 0 Å². The van der Waals surface area contributed by atoms with Gasteiger partial charge in [0.2, 0.25) is 0 Å². The normalized spacial score (nSPS) is 25.8. The first-order valence-corrected chi connectivity index (χ1v) is 6.20. The second kappa shape index (κ2) is 4.84. The Morgan fingerprint density at radius 2 is 1.60 bits per heavy atom. The molecule has 1 unspecified atom stereocenters. The molecule has 90 valence electrons. The molecule has 1 heterocycles. The standard InChI is InChI=1S/C13H26O2/c1-9(2)7-12-8-14-13(15-12,10(3)4)11(5)6/h9-12H,7-8H2,1-6H3. The van der Waals surface area contributed by atoms with Gasteiger partial charge in [0.1, 0.15) is 0 Å². The van der Waals surface area contributed by atoms with Crippen LogP contribution in [0.3, 0.4) is 0 Å². The highest BCUT2D eigenvalue weighted by atomic mass is 16.7. The number of rotatable bonds is 4. The van der Waals surface area contributed by atoms with Gasteiger partial charge in [0.05, 0.1) is 12.7 Å². The fraction of sp³-hybridized carbons (Fsp3) is 1.00. The van der Waals surface area contributed by atoms with Crippen molar-refractivity contribution < 1.29 is 9.47 Å². The Balaban J connectivity index is 2.64. The van der Waals surface area contributed by atoms with Crippen LogP contribution in [0.25, 0.3) is 0 Å². The molecule has 0 saturated carbocycles. The van der Waals surface area contributed by atoms with Crippen molar-refractivity contribution in [2.24, 2.45) is 17.8 Å². The van der Waals surface area contributed by atoms with E-state index in [-0.39, 0.29) is 11.9 Å². The monoisotopic (exact) mass is 214 g/mol. The fourth-order valence-electron chi connectivity index (χ4n) is 2.47. The molecule has 2 heteroatoms. The molecule has 0 radical (unpaired) electrons. The molecule has 0 aliphatic carbocycles. The molecule has 0 N–H and O–H groups in total. The Bertz CT molecular complexity index is 189. The van der Waals surface area contributed by atoms with Crippen molar-refractivity contribution in [2.45, 2.75) is 59.9 Å². The summed E-state index contributed by atoms with van der Waals surface area (Å²) in [6.45, 7) is 13.9. The third-order valence-corrected chi connectivity index (χ3v) is 3.19. The van der Waals surface area contributed by atoms with Crippen LogP contribution in [0.15, 0.2) is 0 Å². The van der Waals surface area contributed by atoms with E-state index in [4.69, 9.17) is 9.47 Å². The highest BCUT2D eigenvalue weighted by Crippen LogP contribution is 2.38. The molecule has 1 rings (SSSR count). The van der Waals surface area contributed by atoms with Gasteiger partial charge >= 0.3 is 0 Å². The molecular formula is C13H26O2. The van der Waals surface area contributed by atoms with E-state index in [9.17, 15) is 0 Å². The third kappa shape index (κ3) is 2.73. The summed E-state index contributed by atoms with van der Waals surface area (Å²) < 4.78 is 12.1. The Labute approximate surface area is 94.3 Å². The lowest BCUT2D eigenvalue weighted by Crippen LogP contribution is -2.42. The predicted molar refractivity (Wildman–Crippen MR) is 62.7 cm³/mol. The lowest BCUT2D eigenvalue weighted by molar-refractivity contribution is -0.226. The first-order chi connectivity index (χ1) is 6.88. The first kappa shape index (κ1) is 13.0. The molecule has 2 nitrogen and oxygen atoms in total. The van der Waals surface area contributed by atoms with Gasteiger partial charge in [0.15, 0.2) is 5.79 Å². The molecule has 0 aromatic carbocycles. The lowest BCUT2D eigenvalue weighted by Gasteiger charge is -2.36. The Hall–Kier alpha value is -0.0800. The molecule has 1 aliphatic heterocycles. The average molecular weight is 214 g/mol. The maximum Gasteiger partial charge on any atom is 0.173 e. The Morgan fingerprint density at radius 3 is 1.93 bits per heavy atom. The summed E-state index contributed by atoms with van der Waals surface area (Å²) in [5.74, 6) is 1.15. The number of hydrogen-bond donors (Lipinski definition) is 0. The number of ether oxygens (including phenoxy) is 2. The minimum Gasteiger partial charge on any atom is -0.347 e. The van der Waals surface area contributed by atoms with Crippen LogP contribution >= 0.6 is 0 Å². The van der Waals surface area contributed by atoms with Crippen molar-refractivity contribution >= 4 is 0 Å². The zero-order chi connectivity index (χ0) is 11.6. The molecule has 0 amide bonds. The minimum absolute atomic E-state index is 0.287. The Kier molecular flexibility index (Phi) is 4.19. The van der Waals surface area contributed by atoms with Crippen molar-refractivity contribution in [1.82, 2.24) is 0 Å². The topological polar surface area (TPSA) is 18.5 Å². The van der Waals surface area contributed by atoms with E-state index in [1.807, 2.05) is 0 Å². The molecular weight excluding hydrogens is 188 g/mol. The van der Waals surface area contributed by atoms with Crippen molar-refractivity contribution in [3.8, 4) is 0 Å². The van der Waals surface area contributed by atoms with Crippen LogP contribution in [0.4, 0.5) is 0 Å². The second-order valence-electron chi connectivity index (χ2n) is 5.71. The minimum atomic E-state index is -0.348. The summed E-state index contributed by atoms with van der Waals surface area (Å²) >= 11 is 0. The highest BCUT2D eigenvalue weighted by molar-refractivity contribution is 4.85. The van der Waals surface area contributed by atoms with Crippen LogP contribution in [0, 0.1) is 17.8 Å².